The lowest BCUT2D eigenvalue weighted by atomic mass is 10.1. The molecule has 2 rings (SSSR count). The number of benzene rings is 1. The van der Waals surface area contributed by atoms with Crippen LogP contribution in [0, 0.1) is 6.92 Å². The fourth-order valence-corrected chi connectivity index (χ4v) is 2.39. The van der Waals surface area contributed by atoms with Crippen LogP contribution in [0.15, 0.2) is 29.3 Å². The monoisotopic (exact) mass is 230 g/mol. The van der Waals surface area contributed by atoms with E-state index >= 15 is 0 Å². The first kappa shape index (κ1) is 12.3. The molecule has 0 aromatic heterocycles. The SMILES string of the molecule is Cc1ccc(C=NCCC2CCCN2C)cc1. The van der Waals surface area contributed by atoms with E-state index < -0.39 is 0 Å². The van der Waals surface area contributed by atoms with Crippen LogP contribution >= 0.6 is 0 Å². The molecule has 0 radical (unpaired) electrons. The summed E-state index contributed by atoms with van der Waals surface area (Å²) in [6.45, 7) is 4.31. The molecule has 0 saturated carbocycles. The highest BCUT2D eigenvalue weighted by Gasteiger charge is 2.19. The summed E-state index contributed by atoms with van der Waals surface area (Å²) < 4.78 is 0. The van der Waals surface area contributed by atoms with Gasteiger partial charge >= 0.3 is 0 Å². The number of nitrogens with zero attached hydrogens (tertiary/aromatic N) is 2. The Morgan fingerprint density at radius 2 is 2.12 bits per heavy atom. The van der Waals surface area contributed by atoms with Crippen molar-refractivity contribution in [1.29, 1.82) is 0 Å². The molecule has 0 amide bonds. The van der Waals surface area contributed by atoms with Crippen molar-refractivity contribution in [2.45, 2.75) is 32.2 Å². The fraction of sp³-hybridized carbons (Fsp3) is 0.533. The van der Waals surface area contributed by atoms with Crippen LogP contribution in [0.5, 0.6) is 0 Å². The van der Waals surface area contributed by atoms with E-state index in [-0.39, 0.29) is 0 Å². The number of likely N-dealkylation sites (tertiary alicyclic amines) is 1. The van der Waals surface area contributed by atoms with Crippen molar-refractivity contribution < 1.29 is 0 Å². The highest BCUT2D eigenvalue weighted by atomic mass is 15.1. The maximum absolute atomic E-state index is 4.52. The molecule has 1 aliphatic heterocycles. The highest BCUT2D eigenvalue weighted by Crippen LogP contribution is 2.17. The van der Waals surface area contributed by atoms with Crippen LogP contribution in [0.3, 0.4) is 0 Å². The smallest absolute Gasteiger partial charge is 0.0404 e. The van der Waals surface area contributed by atoms with Crippen molar-refractivity contribution in [3.8, 4) is 0 Å². The molecule has 1 aliphatic rings. The lowest BCUT2D eigenvalue weighted by molar-refractivity contribution is 0.300. The van der Waals surface area contributed by atoms with E-state index in [0.29, 0.717) is 0 Å². The van der Waals surface area contributed by atoms with E-state index in [1.54, 1.807) is 0 Å². The molecule has 0 N–H and O–H groups in total. The van der Waals surface area contributed by atoms with Gasteiger partial charge in [0.05, 0.1) is 0 Å². The molecule has 17 heavy (non-hydrogen) atoms. The van der Waals surface area contributed by atoms with Gasteiger partial charge < -0.3 is 4.90 Å². The van der Waals surface area contributed by atoms with Gasteiger partial charge in [0.2, 0.25) is 0 Å². The Morgan fingerprint density at radius 1 is 1.35 bits per heavy atom. The Hall–Kier alpha value is -1.15. The number of hydrogen-bond acceptors (Lipinski definition) is 2. The van der Waals surface area contributed by atoms with E-state index in [1.807, 2.05) is 6.21 Å². The minimum absolute atomic E-state index is 0.755. The Morgan fingerprint density at radius 3 is 2.76 bits per heavy atom. The summed E-state index contributed by atoms with van der Waals surface area (Å²) in [5.41, 5.74) is 2.50. The molecule has 1 aromatic rings. The number of rotatable bonds is 4. The van der Waals surface area contributed by atoms with Gasteiger partial charge in [0.25, 0.3) is 0 Å². The Balaban J connectivity index is 1.76. The van der Waals surface area contributed by atoms with E-state index in [9.17, 15) is 0 Å². The van der Waals surface area contributed by atoms with Gasteiger partial charge in [-0.2, -0.15) is 0 Å². The zero-order valence-corrected chi connectivity index (χ0v) is 10.9. The van der Waals surface area contributed by atoms with Gasteiger partial charge in [-0.15, -0.1) is 0 Å². The largest absolute Gasteiger partial charge is 0.303 e. The molecule has 1 aromatic carbocycles. The molecule has 2 nitrogen and oxygen atoms in total. The van der Waals surface area contributed by atoms with Crippen molar-refractivity contribution in [2.75, 3.05) is 20.1 Å². The first-order valence-corrected chi connectivity index (χ1v) is 6.52. The van der Waals surface area contributed by atoms with Crippen molar-refractivity contribution in [1.82, 2.24) is 4.90 Å². The van der Waals surface area contributed by atoms with Crippen LogP contribution in [0.2, 0.25) is 0 Å². The molecule has 1 heterocycles. The van der Waals surface area contributed by atoms with Crippen LogP contribution < -0.4 is 0 Å². The Kier molecular flexibility index (Phi) is 4.32. The van der Waals surface area contributed by atoms with Gasteiger partial charge in [0, 0.05) is 18.8 Å². The normalized spacial score (nSPS) is 21.4. The molecular weight excluding hydrogens is 208 g/mol. The summed E-state index contributed by atoms with van der Waals surface area (Å²) in [5, 5.41) is 0. The summed E-state index contributed by atoms with van der Waals surface area (Å²) in [5.74, 6) is 0. The summed E-state index contributed by atoms with van der Waals surface area (Å²) in [4.78, 5) is 6.98. The predicted molar refractivity (Wildman–Crippen MR) is 73.9 cm³/mol. The average Bonchev–Trinajstić information content (AvgIpc) is 2.73. The second kappa shape index (κ2) is 5.97. The van der Waals surface area contributed by atoms with Gasteiger partial charge in [-0.25, -0.2) is 0 Å². The van der Waals surface area contributed by atoms with Crippen molar-refractivity contribution in [2.24, 2.45) is 4.99 Å². The molecule has 0 bridgehead atoms. The molecule has 1 fully saturated rings. The molecule has 1 unspecified atom stereocenters. The summed E-state index contributed by atoms with van der Waals surface area (Å²) in [7, 11) is 2.22. The maximum atomic E-state index is 4.52. The van der Waals surface area contributed by atoms with Gasteiger partial charge in [0.1, 0.15) is 0 Å². The van der Waals surface area contributed by atoms with Gasteiger partial charge in [0.15, 0.2) is 0 Å². The van der Waals surface area contributed by atoms with Crippen LogP contribution in [0.25, 0.3) is 0 Å². The van der Waals surface area contributed by atoms with Crippen molar-refractivity contribution >= 4 is 6.21 Å². The number of aliphatic imine (C=N–C) groups is 1. The van der Waals surface area contributed by atoms with Gasteiger partial charge in [-0.05, 0) is 45.3 Å². The molecule has 0 aliphatic carbocycles. The minimum atomic E-state index is 0.755. The van der Waals surface area contributed by atoms with Gasteiger partial charge in [-0.1, -0.05) is 29.8 Å². The fourth-order valence-electron chi connectivity index (χ4n) is 2.39. The zero-order valence-electron chi connectivity index (χ0n) is 10.9. The Bertz CT molecular complexity index is 367. The maximum Gasteiger partial charge on any atom is 0.0404 e. The third-order valence-corrected chi connectivity index (χ3v) is 3.58. The first-order valence-electron chi connectivity index (χ1n) is 6.52. The lowest BCUT2D eigenvalue weighted by Crippen LogP contribution is -2.25. The van der Waals surface area contributed by atoms with E-state index in [1.165, 1.54) is 36.9 Å². The number of hydrogen-bond donors (Lipinski definition) is 0. The predicted octanol–water partition coefficient (Wildman–Crippen LogP) is 2.90. The van der Waals surface area contributed by atoms with E-state index in [0.717, 1.165) is 12.6 Å². The third-order valence-electron chi connectivity index (χ3n) is 3.58. The third kappa shape index (κ3) is 3.67. The minimum Gasteiger partial charge on any atom is -0.303 e. The summed E-state index contributed by atoms with van der Waals surface area (Å²) in [6, 6.07) is 9.27. The average molecular weight is 230 g/mol. The van der Waals surface area contributed by atoms with Crippen LogP contribution in [-0.4, -0.2) is 37.3 Å². The molecule has 2 heteroatoms. The molecule has 0 spiro atoms. The van der Waals surface area contributed by atoms with Crippen LogP contribution in [0.1, 0.15) is 30.4 Å². The van der Waals surface area contributed by atoms with E-state index in [2.05, 4.69) is 48.1 Å². The Labute approximate surface area is 104 Å². The molecule has 1 saturated heterocycles. The van der Waals surface area contributed by atoms with Crippen molar-refractivity contribution in [3.05, 3.63) is 35.4 Å². The second-order valence-electron chi connectivity index (χ2n) is 5.01. The van der Waals surface area contributed by atoms with E-state index in [4.69, 9.17) is 0 Å². The topological polar surface area (TPSA) is 15.6 Å². The van der Waals surface area contributed by atoms with Crippen molar-refractivity contribution in [3.63, 3.8) is 0 Å². The summed E-state index contributed by atoms with van der Waals surface area (Å²) >= 11 is 0. The second-order valence-corrected chi connectivity index (χ2v) is 5.01. The lowest BCUT2D eigenvalue weighted by Gasteiger charge is -2.17. The quantitative estimate of drug-likeness (QED) is 0.726. The number of aryl methyl sites for hydroxylation is 1. The highest BCUT2D eigenvalue weighted by molar-refractivity contribution is 5.79. The van der Waals surface area contributed by atoms with Crippen LogP contribution in [-0.2, 0) is 0 Å². The summed E-state index contributed by atoms with van der Waals surface area (Å²) in [6.07, 6.45) is 5.88. The molecular formula is C15H22N2. The van der Waals surface area contributed by atoms with Gasteiger partial charge in [-0.3, -0.25) is 4.99 Å². The molecule has 92 valence electrons. The first-order chi connectivity index (χ1) is 8.25. The zero-order chi connectivity index (χ0) is 12.1. The van der Waals surface area contributed by atoms with Crippen LogP contribution in [0.4, 0.5) is 0 Å². The standard InChI is InChI=1S/C15H22N2/c1-13-5-7-14(8-6-13)12-16-10-9-15-4-3-11-17(15)2/h5-8,12,15H,3-4,9-11H2,1-2H3. The molecule has 1 atom stereocenters.